The average Bonchev–Trinajstić information content (AvgIpc) is 2.53. The van der Waals surface area contributed by atoms with E-state index in [9.17, 15) is 61.9 Å². The lowest BCUT2D eigenvalue weighted by Gasteiger charge is -2.39. The van der Waals surface area contributed by atoms with E-state index in [1.54, 1.807) is 0 Å². The van der Waals surface area contributed by atoms with Crippen molar-refractivity contribution in [2.45, 2.75) is 73.9 Å². The van der Waals surface area contributed by atoms with Gasteiger partial charge in [0, 0.05) is 6.04 Å². The summed E-state index contributed by atoms with van der Waals surface area (Å²) < 4.78 is 168. The first kappa shape index (κ1) is 24.6. The van der Waals surface area contributed by atoms with Gasteiger partial charge in [0.25, 0.3) is 5.91 Å². The molecule has 28 heavy (non-hydrogen) atoms. The smallest absolute Gasteiger partial charge is 0.348 e. The summed E-state index contributed by atoms with van der Waals surface area (Å²) in [6, 6.07) is -1.21. The minimum Gasteiger partial charge on any atom is -0.348 e. The van der Waals surface area contributed by atoms with Crippen LogP contribution in [0.3, 0.4) is 0 Å². The molecule has 166 valence electrons. The number of amides is 1. The van der Waals surface area contributed by atoms with Crippen LogP contribution < -0.4 is 5.32 Å². The number of hydrogen-bond acceptors (Lipinski definition) is 1. The van der Waals surface area contributed by atoms with Crippen LogP contribution in [0, 0.1) is 0 Å². The number of rotatable bonds is 6. The first-order chi connectivity index (χ1) is 12.2. The molecule has 1 saturated carbocycles. The summed E-state index contributed by atoms with van der Waals surface area (Å²) in [6.45, 7) is 0. The Morgan fingerprint density at radius 1 is 0.607 bits per heavy atom. The summed E-state index contributed by atoms with van der Waals surface area (Å²) in [5.74, 6) is -41.3. The zero-order chi connectivity index (χ0) is 22.4. The van der Waals surface area contributed by atoms with E-state index in [4.69, 9.17) is 0 Å². The number of alkyl halides is 13. The zero-order valence-corrected chi connectivity index (χ0v) is 13.4. The number of carbonyl (C=O) groups excluding carboxylic acids is 1. The molecule has 0 aromatic heterocycles. The monoisotopic (exact) mass is 445 g/mol. The van der Waals surface area contributed by atoms with Crippen LogP contribution >= 0.6 is 0 Å². The van der Waals surface area contributed by atoms with Crippen LogP contribution in [0.4, 0.5) is 57.1 Å². The first-order valence-electron chi connectivity index (χ1n) is 7.52. The maximum atomic E-state index is 13.6. The van der Waals surface area contributed by atoms with Crippen molar-refractivity contribution in [2.24, 2.45) is 0 Å². The summed E-state index contributed by atoms with van der Waals surface area (Å²) in [4.78, 5) is 11.3. The van der Waals surface area contributed by atoms with Crippen LogP contribution in [0.1, 0.15) is 32.1 Å². The quantitative estimate of drug-likeness (QED) is 0.562. The Labute approximate surface area is 148 Å². The maximum Gasteiger partial charge on any atom is 0.460 e. The topological polar surface area (TPSA) is 29.1 Å². The van der Waals surface area contributed by atoms with E-state index in [1.165, 1.54) is 5.32 Å². The molecule has 0 aliphatic heterocycles. The normalized spacial score (nSPS) is 18.9. The van der Waals surface area contributed by atoms with Crippen LogP contribution in [0.25, 0.3) is 0 Å². The van der Waals surface area contributed by atoms with Crippen molar-refractivity contribution in [3.63, 3.8) is 0 Å². The highest BCUT2D eigenvalue weighted by Crippen LogP contribution is 2.60. The predicted octanol–water partition coefficient (Wildman–Crippen LogP) is 5.17. The van der Waals surface area contributed by atoms with Gasteiger partial charge >= 0.3 is 35.8 Å². The molecule has 0 unspecified atom stereocenters. The number of nitrogens with one attached hydrogen (secondary N) is 1. The highest BCUT2D eigenvalue weighted by Gasteiger charge is 2.91. The Hall–Kier alpha value is -1.44. The molecule has 2 nitrogen and oxygen atoms in total. The van der Waals surface area contributed by atoms with Gasteiger partial charge in [-0.15, -0.1) is 0 Å². The van der Waals surface area contributed by atoms with Crippen LogP contribution in [0.15, 0.2) is 0 Å². The third kappa shape index (κ3) is 3.60. The summed E-state index contributed by atoms with van der Waals surface area (Å²) in [5, 5.41) is 1.20. The molecule has 0 spiro atoms. The highest BCUT2D eigenvalue weighted by molar-refractivity contribution is 5.85. The second-order valence-electron chi connectivity index (χ2n) is 6.18. The lowest BCUT2D eigenvalue weighted by atomic mass is 9.92. The Bertz CT molecular complexity index is 577. The Kier molecular flexibility index (Phi) is 6.25. The fourth-order valence-corrected chi connectivity index (χ4v) is 2.44. The van der Waals surface area contributed by atoms with Gasteiger partial charge in [-0.05, 0) is 12.8 Å². The first-order valence-corrected chi connectivity index (χ1v) is 7.52. The van der Waals surface area contributed by atoms with E-state index in [2.05, 4.69) is 0 Å². The van der Waals surface area contributed by atoms with Crippen molar-refractivity contribution >= 4 is 5.91 Å². The van der Waals surface area contributed by atoms with Gasteiger partial charge in [0.1, 0.15) is 0 Å². The largest absolute Gasteiger partial charge is 0.460 e. The lowest BCUT2D eigenvalue weighted by molar-refractivity contribution is -0.436. The van der Waals surface area contributed by atoms with Crippen LogP contribution in [-0.2, 0) is 4.79 Å². The third-order valence-corrected chi connectivity index (χ3v) is 4.16. The van der Waals surface area contributed by atoms with E-state index >= 15 is 0 Å². The molecule has 0 bridgehead atoms. The minimum atomic E-state index is -8.00. The fourth-order valence-electron chi connectivity index (χ4n) is 2.44. The SMILES string of the molecule is O=C(NC1CCCCC1)C(F)(F)C(F)(F)C(F)(F)C(F)(F)C(F)(F)C(F)(F)F. The zero-order valence-electron chi connectivity index (χ0n) is 13.4. The predicted molar refractivity (Wildman–Crippen MR) is 65.8 cm³/mol. The van der Waals surface area contributed by atoms with E-state index in [-0.39, 0.29) is 12.8 Å². The molecule has 1 fully saturated rings. The lowest BCUT2D eigenvalue weighted by Crippen LogP contribution is -2.72. The highest BCUT2D eigenvalue weighted by atomic mass is 19.4. The molecular formula is C13H12F13NO. The van der Waals surface area contributed by atoms with Crippen molar-refractivity contribution in [3.05, 3.63) is 0 Å². The summed E-state index contributed by atoms with van der Waals surface area (Å²) in [5.41, 5.74) is 0. The second kappa shape index (κ2) is 7.11. The minimum absolute atomic E-state index is 0.0495. The molecule has 0 radical (unpaired) electrons. The fraction of sp³-hybridized carbons (Fsp3) is 0.923. The standard InChI is InChI=1S/C13H12F13NO/c14-8(15,7(28)27-6-4-2-1-3-5-6)9(16,17)10(18,19)11(20,21)12(22,23)13(24,25)26/h6H,1-5H2,(H,27,28). The molecule has 0 aromatic rings. The third-order valence-electron chi connectivity index (χ3n) is 4.16. The number of hydrogen-bond donors (Lipinski definition) is 1. The molecule has 0 aromatic carbocycles. The van der Waals surface area contributed by atoms with Gasteiger partial charge in [-0.2, -0.15) is 57.1 Å². The molecule has 15 heteroatoms. The Morgan fingerprint density at radius 3 is 1.39 bits per heavy atom. The van der Waals surface area contributed by atoms with Crippen LogP contribution in [-0.4, -0.2) is 47.7 Å². The molecule has 0 atom stereocenters. The van der Waals surface area contributed by atoms with Crippen molar-refractivity contribution in [3.8, 4) is 0 Å². The van der Waals surface area contributed by atoms with Gasteiger partial charge < -0.3 is 5.32 Å². The van der Waals surface area contributed by atoms with Crippen molar-refractivity contribution in [2.75, 3.05) is 0 Å². The molecule has 1 aliphatic carbocycles. The van der Waals surface area contributed by atoms with Crippen molar-refractivity contribution in [1.29, 1.82) is 0 Å². The van der Waals surface area contributed by atoms with E-state index < -0.39 is 47.7 Å². The van der Waals surface area contributed by atoms with E-state index in [0.717, 1.165) is 0 Å². The number of halogens is 13. The molecule has 1 N–H and O–H groups in total. The Morgan fingerprint density at radius 2 is 1.00 bits per heavy atom. The molecule has 1 amide bonds. The van der Waals surface area contributed by atoms with Crippen molar-refractivity contribution < 1.29 is 61.9 Å². The van der Waals surface area contributed by atoms with E-state index in [1.807, 2.05) is 0 Å². The Balaban J connectivity index is 3.26. The van der Waals surface area contributed by atoms with Gasteiger partial charge in [0.05, 0.1) is 0 Å². The maximum absolute atomic E-state index is 13.6. The molecular weight excluding hydrogens is 433 g/mol. The van der Waals surface area contributed by atoms with Gasteiger partial charge in [-0.1, -0.05) is 19.3 Å². The van der Waals surface area contributed by atoms with Gasteiger partial charge in [-0.3, -0.25) is 4.79 Å². The molecule has 1 aliphatic rings. The molecule has 0 heterocycles. The van der Waals surface area contributed by atoms with E-state index in [0.29, 0.717) is 19.3 Å². The average molecular weight is 445 g/mol. The van der Waals surface area contributed by atoms with Gasteiger partial charge in [0.2, 0.25) is 0 Å². The van der Waals surface area contributed by atoms with Gasteiger partial charge in [0.15, 0.2) is 0 Å². The van der Waals surface area contributed by atoms with Crippen molar-refractivity contribution in [1.82, 2.24) is 5.32 Å². The number of carbonyl (C=O) groups is 1. The van der Waals surface area contributed by atoms with Crippen LogP contribution in [0.5, 0.6) is 0 Å². The molecule has 0 saturated heterocycles. The van der Waals surface area contributed by atoms with Crippen LogP contribution in [0.2, 0.25) is 0 Å². The summed E-state index contributed by atoms with van der Waals surface area (Å²) in [7, 11) is 0. The summed E-state index contributed by atoms with van der Waals surface area (Å²) >= 11 is 0. The second-order valence-corrected chi connectivity index (χ2v) is 6.18. The summed E-state index contributed by atoms with van der Waals surface area (Å²) in [6.07, 6.45) is -6.37. The molecule has 1 rings (SSSR count). The van der Waals surface area contributed by atoms with Gasteiger partial charge in [-0.25, -0.2) is 0 Å².